The second-order valence-corrected chi connectivity index (χ2v) is 6.51. The molecule has 1 saturated heterocycles. The quantitative estimate of drug-likeness (QED) is 0.680. The van der Waals surface area contributed by atoms with Gasteiger partial charge in [-0.25, -0.2) is 4.39 Å². The minimum Gasteiger partial charge on any atom is -0.453 e. The van der Waals surface area contributed by atoms with Gasteiger partial charge in [0.05, 0.1) is 12.2 Å². The summed E-state index contributed by atoms with van der Waals surface area (Å²) in [6, 6.07) is 8.24. The first-order valence-corrected chi connectivity index (χ1v) is 8.99. The van der Waals surface area contributed by atoms with Crippen molar-refractivity contribution in [1.82, 2.24) is 25.3 Å². The maximum atomic E-state index is 14.3. The van der Waals surface area contributed by atoms with Crippen LogP contribution >= 0.6 is 12.4 Å². The Hall–Kier alpha value is -2.81. The third-order valence-electron chi connectivity index (χ3n) is 4.50. The van der Waals surface area contributed by atoms with Crippen LogP contribution in [0.1, 0.15) is 23.3 Å². The third-order valence-corrected chi connectivity index (χ3v) is 4.50. The van der Waals surface area contributed by atoms with Crippen molar-refractivity contribution in [3.63, 3.8) is 0 Å². The minimum atomic E-state index is -0.466. The van der Waals surface area contributed by atoms with Gasteiger partial charge in [0.15, 0.2) is 17.4 Å². The number of benzene rings is 1. The molecule has 0 amide bonds. The summed E-state index contributed by atoms with van der Waals surface area (Å²) in [4.78, 5) is 10.6. The number of hydrogen-bond donors (Lipinski definition) is 1. The van der Waals surface area contributed by atoms with Crippen LogP contribution in [0.2, 0.25) is 0 Å². The summed E-state index contributed by atoms with van der Waals surface area (Å²) in [5, 5.41) is 7.38. The number of halogens is 2. The van der Waals surface area contributed by atoms with Crippen LogP contribution in [0.3, 0.4) is 0 Å². The molecule has 29 heavy (non-hydrogen) atoms. The highest BCUT2D eigenvalue weighted by atomic mass is 35.5. The molecule has 0 aliphatic carbocycles. The number of likely N-dealkylation sites (N-methyl/N-ethyl adjacent to an activating group) is 1. The van der Waals surface area contributed by atoms with E-state index in [0.717, 1.165) is 19.6 Å². The molecule has 7 nitrogen and oxygen atoms in total. The molecule has 152 valence electrons. The van der Waals surface area contributed by atoms with Gasteiger partial charge in [0.2, 0.25) is 0 Å². The molecule has 9 heteroatoms. The van der Waals surface area contributed by atoms with Crippen molar-refractivity contribution in [2.24, 2.45) is 0 Å². The van der Waals surface area contributed by atoms with E-state index >= 15 is 0 Å². The molecule has 2 aromatic heterocycles. The van der Waals surface area contributed by atoms with E-state index < -0.39 is 5.82 Å². The first kappa shape index (κ1) is 20.9. The Bertz CT molecular complexity index is 967. The third kappa shape index (κ3) is 5.17. The van der Waals surface area contributed by atoms with E-state index in [-0.39, 0.29) is 24.2 Å². The minimum absolute atomic E-state index is 0. The van der Waals surface area contributed by atoms with Gasteiger partial charge in [-0.3, -0.25) is 9.88 Å². The summed E-state index contributed by atoms with van der Waals surface area (Å²) in [6.07, 6.45) is 6.54. The van der Waals surface area contributed by atoms with E-state index in [1.807, 2.05) is 7.05 Å². The molecule has 1 aliphatic heterocycles. The summed E-state index contributed by atoms with van der Waals surface area (Å²) in [5.41, 5.74) is 0.659. The highest BCUT2D eigenvalue weighted by molar-refractivity contribution is 5.85. The van der Waals surface area contributed by atoms with Gasteiger partial charge in [0.1, 0.15) is 5.75 Å². The molecule has 0 saturated carbocycles. The van der Waals surface area contributed by atoms with Crippen LogP contribution in [0.25, 0.3) is 12.2 Å². The fourth-order valence-corrected chi connectivity index (χ4v) is 2.95. The summed E-state index contributed by atoms with van der Waals surface area (Å²) in [7, 11) is 2.04. The van der Waals surface area contributed by atoms with Crippen molar-refractivity contribution in [1.29, 1.82) is 0 Å². The molecule has 0 bridgehead atoms. The first-order valence-electron chi connectivity index (χ1n) is 8.99. The second kappa shape index (κ2) is 9.60. The largest absolute Gasteiger partial charge is 0.453 e. The van der Waals surface area contributed by atoms with Crippen molar-refractivity contribution >= 4 is 24.6 Å². The second-order valence-electron chi connectivity index (χ2n) is 6.51. The monoisotopic (exact) mass is 417 g/mol. The van der Waals surface area contributed by atoms with Gasteiger partial charge in [-0.2, -0.15) is 4.98 Å². The number of hydrogen-bond acceptors (Lipinski definition) is 7. The number of rotatable bonds is 5. The highest BCUT2D eigenvalue weighted by Crippen LogP contribution is 2.25. The molecule has 0 radical (unpaired) electrons. The molecule has 1 fully saturated rings. The SMILES string of the molecule is CN1CCNCC1c1noc(/C=C/c2ccc(Oc3cccnc3)c(F)c2)n1.Cl. The number of nitrogens with zero attached hydrogens (tertiary/aromatic N) is 4. The lowest BCUT2D eigenvalue weighted by Crippen LogP contribution is -2.44. The zero-order valence-electron chi connectivity index (χ0n) is 15.8. The summed E-state index contributed by atoms with van der Waals surface area (Å²) < 4.78 is 25.1. The van der Waals surface area contributed by atoms with E-state index in [9.17, 15) is 4.39 Å². The maximum Gasteiger partial charge on any atom is 0.250 e. The average Bonchev–Trinajstić information content (AvgIpc) is 3.18. The van der Waals surface area contributed by atoms with Crippen LogP contribution < -0.4 is 10.1 Å². The van der Waals surface area contributed by atoms with Crippen LogP contribution in [-0.4, -0.2) is 46.7 Å². The Morgan fingerprint density at radius 3 is 2.97 bits per heavy atom. The summed E-state index contributed by atoms with van der Waals surface area (Å²) in [5.74, 6) is 1.17. The summed E-state index contributed by atoms with van der Waals surface area (Å²) >= 11 is 0. The fourth-order valence-electron chi connectivity index (χ4n) is 2.95. The van der Waals surface area contributed by atoms with Gasteiger partial charge in [-0.05, 0) is 43.0 Å². The lowest BCUT2D eigenvalue weighted by atomic mass is 10.2. The predicted octanol–water partition coefficient (Wildman–Crippen LogP) is 3.56. The highest BCUT2D eigenvalue weighted by Gasteiger charge is 2.24. The van der Waals surface area contributed by atoms with Crippen LogP contribution in [0, 0.1) is 5.82 Å². The molecule has 1 aromatic carbocycles. The molecule has 1 unspecified atom stereocenters. The fraction of sp³-hybridized carbons (Fsp3) is 0.250. The molecule has 3 heterocycles. The molecular formula is C20H21ClFN5O2. The van der Waals surface area contributed by atoms with Gasteiger partial charge >= 0.3 is 0 Å². The molecule has 1 aliphatic rings. The topological polar surface area (TPSA) is 76.3 Å². The molecule has 3 aromatic rings. The molecule has 4 rings (SSSR count). The van der Waals surface area contributed by atoms with Gasteiger partial charge in [0.25, 0.3) is 5.89 Å². The number of nitrogens with one attached hydrogen (secondary N) is 1. The molecular weight excluding hydrogens is 397 g/mol. The van der Waals surface area contributed by atoms with Crippen molar-refractivity contribution in [2.45, 2.75) is 6.04 Å². The van der Waals surface area contributed by atoms with Crippen LogP contribution in [0.5, 0.6) is 11.5 Å². The van der Waals surface area contributed by atoms with Crippen LogP contribution in [-0.2, 0) is 0 Å². The lowest BCUT2D eigenvalue weighted by Gasteiger charge is -2.30. The maximum absolute atomic E-state index is 14.3. The zero-order valence-corrected chi connectivity index (χ0v) is 16.6. The van der Waals surface area contributed by atoms with Crippen LogP contribution in [0.15, 0.2) is 47.2 Å². The van der Waals surface area contributed by atoms with Crippen molar-refractivity contribution in [2.75, 3.05) is 26.7 Å². The summed E-state index contributed by atoms with van der Waals surface area (Å²) in [6.45, 7) is 2.66. The average molecular weight is 418 g/mol. The number of piperazine rings is 1. The van der Waals surface area contributed by atoms with E-state index in [1.54, 1.807) is 42.6 Å². The van der Waals surface area contributed by atoms with Gasteiger partial charge < -0.3 is 14.6 Å². The molecule has 1 atom stereocenters. The van der Waals surface area contributed by atoms with Gasteiger partial charge in [-0.15, -0.1) is 12.4 Å². The van der Waals surface area contributed by atoms with Crippen molar-refractivity contribution < 1.29 is 13.7 Å². The Kier molecular flexibility index (Phi) is 6.92. The zero-order chi connectivity index (χ0) is 19.3. The molecule has 0 spiro atoms. The predicted molar refractivity (Wildman–Crippen MR) is 109 cm³/mol. The van der Waals surface area contributed by atoms with Gasteiger partial charge in [-0.1, -0.05) is 11.2 Å². The van der Waals surface area contributed by atoms with Gasteiger partial charge in [0, 0.05) is 31.9 Å². The van der Waals surface area contributed by atoms with E-state index in [1.165, 1.54) is 12.3 Å². The smallest absolute Gasteiger partial charge is 0.250 e. The van der Waals surface area contributed by atoms with E-state index in [2.05, 4.69) is 25.3 Å². The Balaban J connectivity index is 0.00000240. The molecule has 1 N–H and O–H groups in total. The van der Waals surface area contributed by atoms with Crippen molar-refractivity contribution in [3.05, 3.63) is 65.8 Å². The van der Waals surface area contributed by atoms with Crippen molar-refractivity contribution in [3.8, 4) is 11.5 Å². The normalized spacial score (nSPS) is 17.2. The number of pyridine rings is 1. The Labute approximate surface area is 174 Å². The number of ether oxygens (including phenoxy) is 1. The lowest BCUT2D eigenvalue weighted by molar-refractivity contribution is 0.190. The standard InChI is InChI=1S/C20H20FN5O2.ClH/c1-26-10-9-23-13-17(26)20-24-19(28-25-20)7-5-14-4-6-18(16(21)11-14)27-15-3-2-8-22-12-15;/h2-8,11-12,17,23H,9-10,13H2,1H3;1H/b7-5+;. The first-order chi connectivity index (χ1) is 13.7. The van der Waals surface area contributed by atoms with E-state index in [0.29, 0.717) is 23.0 Å². The van der Waals surface area contributed by atoms with E-state index in [4.69, 9.17) is 9.26 Å². The Morgan fingerprint density at radius 2 is 2.21 bits per heavy atom. The number of aromatic nitrogens is 3. The van der Waals surface area contributed by atoms with Crippen LogP contribution in [0.4, 0.5) is 4.39 Å². The Morgan fingerprint density at radius 1 is 1.31 bits per heavy atom.